The zero-order chi connectivity index (χ0) is 13.7. The third-order valence-corrected chi connectivity index (χ3v) is 3.64. The van der Waals surface area contributed by atoms with Crippen molar-refractivity contribution in [1.82, 2.24) is 0 Å². The van der Waals surface area contributed by atoms with Gasteiger partial charge in [-0.15, -0.1) is 11.8 Å². The average Bonchev–Trinajstić information content (AvgIpc) is 2.82. The van der Waals surface area contributed by atoms with Gasteiger partial charge in [0, 0.05) is 16.7 Å². The second-order valence-electron chi connectivity index (χ2n) is 3.70. The van der Waals surface area contributed by atoms with Crippen molar-refractivity contribution in [2.24, 2.45) is 0 Å². The van der Waals surface area contributed by atoms with Gasteiger partial charge in [0.2, 0.25) is 5.91 Å². The van der Waals surface area contributed by atoms with E-state index in [1.54, 1.807) is 17.8 Å². The molecule has 0 aliphatic carbocycles. The summed E-state index contributed by atoms with van der Waals surface area (Å²) in [7, 11) is 0. The maximum atomic E-state index is 11.7. The lowest BCUT2D eigenvalue weighted by Gasteiger charge is -2.03. The molecule has 0 atom stereocenters. The molecule has 0 radical (unpaired) electrons. The maximum Gasteiger partial charge on any atom is 0.248 e. The van der Waals surface area contributed by atoms with Crippen molar-refractivity contribution >= 4 is 52.0 Å². The molecule has 1 heterocycles. The van der Waals surface area contributed by atoms with Crippen molar-refractivity contribution in [2.45, 2.75) is 4.90 Å². The average molecular weight is 385 g/mol. The Balaban J connectivity index is 1.99. The van der Waals surface area contributed by atoms with Crippen LogP contribution in [0.3, 0.4) is 0 Å². The summed E-state index contributed by atoms with van der Waals surface area (Å²) < 4.78 is 6.13. The first-order valence-electron chi connectivity index (χ1n) is 5.56. The summed E-state index contributed by atoms with van der Waals surface area (Å²) in [6.07, 6.45) is 5.11. The summed E-state index contributed by atoms with van der Waals surface area (Å²) in [5, 5.41) is 2.81. The smallest absolute Gasteiger partial charge is 0.248 e. The van der Waals surface area contributed by atoms with Gasteiger partial charge in [0.25, 0.3) is 0 Å². The lowest BCUT2D eigenvalue weighted by atomic mass is 10.3. The molecule has 1 aromatic heterocycles. The second kappa shape index (κ2) is 6.81. The van der Waals surface area contributed by atoms with Crippen LogP contribution >= 0.6 is 34.4 Å². The van der Waals surface area contributed by atoms with Crippen LogP contribution in [-0.2, 0) is 4.79 Å². The molecule has 1 aromatic carbocycles. The zero-order valence-electron chi connectivity index (χ0n) is 10.2. The predicted octanol–water partition coefficient (Wildman–Crippen LogP) is 4.26. The molecule has 1 N–H and O–H groups in total. The Morgan fingerprint density at radius 3 is 2.89 bits per heavy atom. The minimum absolute atomic E-state index is 0.176. The van der Waals surface area contributed by atoms with Crippen molar-refractivity contribution in [3.63, 3.8) is 0 Å². The Hall–Kier alpha value is -1.21. The van der Waals surface area contributed by atoms with Gasteiger partial charge in [-0.1, -0.05) is 6.07 Å². The van der Waals surface area contributed by atoms with Gasteiger partial charge in [-0.2, -0.15) is 0 Å². The largest absolute Gasteiger partial charge is 0.451 e. The molecule has 98 valence electrons. The summed E-state index contributed by atoms with van der Waals surface area (Å²) in [5.74, 6) is 0.488. The summed E-state index contributed by atoms with van der Waals surface area (Å²) in [6.45, 7) is 0. The van der Waals surface area contributed by atoms with Crippen LogP contribution in [0, 0.1) is 3.77 Å². The zero-order valence-corrected chi connectivity index (χ0v) is 13.2. The topological polar surface area (TPSA) is 42.2 Å². The van der Waals surface area contributed by atoms with Crippen LogP contribution in [0.25, 0.3) is 6.08 Å². The number of hydrogen-bond donors (Lipinski definition) is 1. The number of hydrogen-bond acceptors (Lipinski definition) is 3. The molecule has 0 aliphatic rings. The van der Waals surface area contributed by atoms with E-state index in [0.717, 1.165) is 14.3 Å². The van der Waals surface area contributed by atoms with Crippen molar-refractivity contribution in [3.05, 3.63) is 52.0 Å². The van der Waals surface area contributed by atoms with E-state index in [-0.39, 0.29) is 5.91 Å². The highest BCUT2D eigenvalue weighted by Crippen LogP contribution is 2.19. The first-order valence-corrected chi connectivity index (χ1v) is 7.86. The fourth-order valence-corrected chi connectivity index (χ4v) is 2.35. The molecule has 2 rings (SSSR count). The normalized spacial score (nSPS) is 10.8. The fraction of sp³-hybridized carbons (Fsp3) is 0.0714. The summed E-state index contributed by atoms with van der Waals surface area (Å²) in [5.41, 5.74) is 0.788. The quantitative estimate of drug-likeness (QED) is 0.486. The first-order chi connectivity index (χ1) is 9.17. The molecule has 0 saturated carbocycles. The number of amides is 1. The monoisotopic (exact) mass is 385 g/mol. The molecular weight excluding hydrogens is 373 g/mol. The van der Waals surface area contributed by atoms with E-state index in [1.165, 1.54) is 6.08 Å². The van der Waals surface area contributed by atoms with Crippen LogP contribution in [0.2, 0.25) is 0 Å². The van der Waals surface area contributed by atoms with E-state index in [4.69, 9.17) is 4.42 Å². The molecule has 0 aliphatic heterocycles. The molecule has 0 bridgehead atoms. The second-order valence-corrected chi connectivity index (χ2v) is 5.64. The highest BCUT2D eigenvalue weighted by molar-refractivity contribution is 14.1. The van der Waals surface area contributed by atoms with E-state index in [0.29, 0.717) is 5.76 Å². The van der Waals surface area contributed by atoms with Gasteiger partial charge in [-0.05, 0) is 65.3 Å². The maximum absolute atomic E-state index is 11.7. The number of nitrogens with one attached hydrogen (secondary N) is 1. The van der Waals surface area contributed by atoms with Gasteiger partial charge in [-0.25, -0.2) is 0 Å². The molecule has 0 saturated heterocycles. The number of furan rings is 1. The van der Waals surface area contributed by atoms with Crippen LogP contribution in [0.4, 0.5) is 5.69 Å². The number of benzene rings is 1. The number of halogens is 1. The van der Waals surface area contributed by atoms with Gasteiger partial charge >= 0.3 is 0 Å². The van der Waals surface area contributed by atoms with Crippen LogP contribution in [0.15, 0.2) is 51.8 Å². The van der Waals surface area contributed by atoms with E-state index in [2.05, 4.69) is 27.9 Å². The SMILES string of the molecule is CSc1cccc(NC(=O)/C=C/c2ccc(I)o2)c1. The Kier molecular flexibility index (Phi) is 5.09. The molecule has 0 spiro atoms. The van der Waals surface area contributed by atoms with Crippen molar-refractivity contribution in [1.29, 1.82) is 0 Å². The van der Waals surface area contributed by atoms with Crippen LogP contribution in [0.5, 0.6) is 0 Å². The predicted molar refractivity (Wildman–Crippen MR) is 87.3 cm³/mol. The molecule has 1 amide bonds. The Bertz CT molecular complexity index is 607. The van der Waals surface area contributed by atoms with Crippen LogP contribution in [-0.4, -0.2) is 12.2 Å². The number of anilines is 1. The molecule has 2 aromatic rings. The molecule has 3 nitrogen and oxygen atoms in total. The van der Waals surface area contributed by atoms with Gasteiger partial charge < -0.3 is 9.73 Å². The van der Waals surface area contributed by atoms with Crippen LogP contribution in [0.1, 0.15) is 5.76 Å². The Morgan fingerprint density at radius 2 is 2.21 bits per heavy atom. The molecule has 19 heavy (non-hydrogen) atoms. The Labute approximate surface area is 129 Å². The van der Waals surface area contributed by atoms with Gasteiger partial charge in [0.05, 0.1) is 0 Å². The van der Waals surface area contributed by atoms with Gasteiger partial charge in [0.15, 0.2) is 3.77 Å². The van der Waals surface area contributed by atoms with Crippen molar-refractivity contribution in [2.75, 3.05) is 11.6 Å². The lowest BCUT2D eigenvalue weighted by molar-refractivity contribution is -0.111. The summed E-state index contributed by atoms with van der Waals surface area (Å²) >= 11 is 3.72. The molecule has 0 unspecified atom stereocenters. The van der Waals surface area contributed by atoms with Crippen LogP contribution < -0.4 is 5.32 Å². The Morgan fingerprint density at radius 1 is 1.37 bits per heavy atom. The number of thioether (sulfide) groups is 1. The lowest BCUT2D eigenvalue weighted by Crippen LogP contribution is -2.07. The van der Waals surface area contributed by atoms with E-state index >= 15 is 0 Å². The van der Waals surface area contributed by atoms with Gasteiger partial charge in [0.1, 0.15) is 5.76 Å². The number of carbonyl (C=O) groups is 1. The number of carbonyl (C=O) groups excluding carboxylic acids is 1. The summed E-state index contributed by atoms with van der Waals surface area (Å²) in [6, 6.07) is 11.4. The molecule has 5 heteroatoms. The molecular formula is C14H12INO2S. The summed E-state index contributed by atoms with van der Waals surface area (Å²) in [4.78, 5) is 12.9. The fourth-order valence-electron chi connectivity index (χ4n) is 1.46. The van der Waals surface area contributed by atoms with E-state index in [9.17, 15) is 4.79 Å². The highest BCUT2D eigenvalue weighted by atomic mass is 127. The standard InChI is InChI=1S/C14H12INO2S/c1-19-12-4-2-3-10(9-12)16-14(17)8-6-11-5-7-13(15)18-11/h2-9H,1H3,(H,16,17)/b8-6+. The van der Waals surface area contributed by atoms with Crippen molar-refractivity contribution in [3.8, 4) is 0 Å². The van der Waals surface area contributed by atoms with E-state index < -0.39 is 0 Å². The minimum atomic E-state index is -0.176. The third kappa shape index (κ3) is 4.43. The number of rotatable bonds is 4. The molecule has 0 fully saturated rings. The van der Waals surface area contributed by atoms with Crippen molar-refractivity contribution < 1.29 is 9.21 Å². The van der Waals surface area contributed by atoms with Gasteiger partial charge in [-0.3, -0.25) is 4.79 Å². The third-order valence-electron chi connectivity index (χ3n) is 2.33. The minimum Gasteiger partial charge on any atom is -0.451 e. The highest BCUT2D eigenvalue weighted by Gasteiger charge is 2.00. The first kappa shape index (κ1) is 14.2. The van der Waals surface area contributed by atoms with E-state index in [1.807, 2.05) is 42.7 Å².